The zero-order valence-electron chi connectivity index (χ0n) is 21.6. The van der Waals surface area contributed by atoms with E-state index in [1.807, 2.05) is 76.2 Å². The maximum Gasteiger partial charge on any atom is 0.242 e. The molecule has 0 aliphatic rings. The van der Waals surface area contributed by atoms with Crippen molar-refractivity contribution < 1.29 is 18.0 Å². The summed E-state index contributed by atoms with van der Waals surface area (Å²) in [5.41, 5.74) is 3.55. The number of likely N-dealkylation sites (N-methyl/N-ethyl adjacent to an activating group) is 1. The van der Waals surface area contributed by atoms with Crippen molar-refractivity contribution in [3.8, 4) is 0 Å². The number of sulfonamides is 1. The second-order valence-electron chi connectivity index (χ2n) is 8.87. The Labute approximate surface area is 210 Å². The van der Waals surface area contributed by atoms with E-state index in [0.29, 0.717) is 38.0 Å². The van der Waals surface area contributed by atoms with Gasteiger partial charge in [0.15, 0.2) is 0 Å². The summed E-state index contributed by atoms with van der Waals surface area (Å²) in [6.07, 6.45) is 2.84. The molecule has 1 atom stereocenters. The van der Waals surface area contributed by atoms with Gasteiger partial charge in [0.2, 0.25) is 21.8 Å². The van der Waals surface area contributed by atoms with Crippen molar-refractivity contribution in [1.29, 1.82) is 0 Å². The minimum absolute atomic E-state index is 0.145. The van der Waals surface area contributed by atoms with Gasteiger partial charge in [-0.25, -0.2) is 8.42 Å². The van der Waals surface area contributed by atoms with Crippen LogP contribution < -0.4 is 9.62 Å². The predicted molar refractivity (Wildman–Crippen MR) is 142 cm³/mol. The van der Waals surface area contributed by atoms with E-state index in [0.717, 1.165) is 16.7 Å². The first-order valence-corrected chi connectivity index (χ1v) is 14.1. The van der Waals surface area contributed by atoms with Crippen LogP contribution in [0.5, 0.6) is 0 Å². The molecule has 2 aromatic rings. The zero-order valence-corrected chi connectivity index (χ0v) is 22.4. The molecule has 7 nitrogen and oxygen atoms in total. The summed E-state index contributed by atoms with van der Waals surface area (Å²) < 4.78 is 26.5. The summed E-state index contributed by atoms with van der Waals surface area (Å²) in [6.45, 7) is 8.66. The highest BCUT2D eigenvalue weighted by Gasteiger charge is 2.28. The molecule has 2 rings (SSSR count). The molecule has 192 valence electrons. The van der Waals surface area contributed by atoms with Crippen molar-refractivity contribution in [3.05, 3.63) is 65.2 Å². The third kappa shape index (κ3) is 8.38. The molecule has 0 saturated carbocycles. The van der Waals surface area contributed by atoms with Crippen molar-refractivity contribution in [2.45, 2.75) is 59.4 Å². The van der Waals surface area contributed by atoms with Crippen LogP contribution in [0.25, 0.3) is 0 Å². The number of rotatable bonds is 13. The lowest BCUT2D eigenvalue weighted by Gasteiger charge is -2.31. The van der Waals surface area contributed by atoms with Crippen LogP contribution in [-0.4, -0.2) is 57.1 Å². The second-order valence-corrected chi connectivity index (χ2v) is 10.8. The lowest BCUT2D eigenvalue weighted by atomic mass is 10.1. The molecule has 0 bridgehead atoms. The first-order chi connectivity index (χ1) is 16.6. The Morgan fingerprint density at radius 1 is 1.00 bits per heavy atom. The number of nitrogens with zero attached hydrogens (tertiary/aromatic N) is 2. The summed E-state index contributed by atoms with van der Waals surface area (Å²) >= 11 is 0. The van der Waals surface area contributed by atoms with Crippen molar-refractivity contribution in [2.24, 2.45) is 0 Å². The van der Waals surface area contributed by atoms with Gasteiger partial charge in [0.05, 0.1) is 11.9 Å². The van der Waals surface area contributed by atoms with Gasteiger partial charge in [-0.15, -0.1) is 0 Å². The number of nitrogens with one attached hydrogen (secondary N) is 1. The second kappa shape index (κ2) is 13.3. The van der Waals surface area contributed by atoms with Gasteiger partial charge < -0.3 is 10.2 Å². The third-order valence-electron chi connectivity index (χ3n) is 6.01. The third-order valence-corrected chi connectivity index (χ3v) is 7.19. The number of benzene rings is 2. The molecule has 0 fully saturated rings. The summed E-state index contributed by atoms with van der Waals surface area (Å²) in [4.78, 5) is 27.7. The largest absolute Gasteiger partial charge is 0.355 e. The van der Waals surface area contributed by atoms with E-state index in [1.165, 1.54) is 10.6 Å². The van der Waals surface area contributed by atoms with Crippen LogP contribution in [0.3, 0.4) is 0 Å². The van der Waals surface area contributed by atoms with Crippen LogP contribution >= 0.6 is 0 Å². The van der Waals surface area contributed by atoms with Crippen LogP contribution in [0.15, 0.2) is 48.5 Å². The molecule has 0 saturated heterocycles. The van der Waals surface area contributed by atoms with E-state index in [9.17, 15) is 18.0 Å². The highest BCUT2D eigenvalue weighted by atomic mass is 32.2. The molecule has 35 heavy (non-hydrogen) atoms. The van der Waals surface area contributed by atoms with Gasteiger partial charge in [-0.2, -0.15) is 0 Å². The predicted octanol–water partition coefficient (Wildman–Crippen LogP) is 3.84. The zero-order chi connectivity index (χ0) is 26.0. The van der Waals surface area contributed by atoms with E-state index < -0.39 is 16.1 Å². The van der Waals surface area contributed by atoms with Gasteiger partial charge in [-0.3, -0.25) is 13.9 Å². The normalized spacial score (nSPS) is 12.1. The van der Waals surface area contributed by atoms with Crippen LogP contribution in [0, 0.1) is 13.8 Å². The number of amides is 2. The molecule has 0 radical (unpaired) electrons. The standard InChI is InChI=1S/C27H39N3O4S/c1-6-24(27(32)28-7-2)29(19-17-23-12-9-8-10-13-23)26(31)14-11-18-30(35(5,33)34)25-20-21(3)15-16-22(25)4/h8-10,12-13,15-16,20,24H,6-7,11,14,17-19H2,1-5H3,(H,28,32)/t24-/m0/s1. The van der Waals surface area contributed by atoms with E-state index in [2.05, 4.69) is 5.32 Å². The maximum atomic E-state index is 13.3. The summed E-state index contributed by atoms with van der Waals surface area (Å²) in [5.74, 6) is -0.307. The van der Waals surface area contributed by atoms with E-state index in [4.69, 9.17) is 0 Å². The minimum atomic E-state index is -3.52. The molecular formula is C27H39N3O4S. The lowest BCUT2D eigenvalue weighted by molar-refractivity contribution is -0.140. The number of anilines is 1. The molecule has 0 aromatic heterocycles. The SMILES string of the molecule is CCNC(=O)[C@H](CC)N(CCc1ccccc1)C(=O)CCCN(c1cc(C)ccc1C)S(C)(=O)=O. The topological polar surface area (TPSA) is 86.8 Å². The van der Waals surface area contributed by atoms with Crippen molar-refractivity contribution >= 4 is 27.5 Å². The number of carbonyl (C=O) groups excluding carboxylic acids is 2. The number of aryl methyl sites for hydroxylation is 2. The Balaban J connectivity index is 2.17. The van der Waals surface area contributed by atoms with Crippen molar-refractivity contribution in [2.75, 3.05) is 30.2 Å². The fourth-order valence-corrected chi connectivity index (χ4v) is 5.17. The summed E-state index contributed by atoms with van der Waals surface area (Å²) in [5, 5.41) is 2.84. The van der Waals surface area contributed by atoms with Crippen LogP contribution in [0.2, 0.25) is 0 Å². The van der Waals surface area contributed by atoms with Gasteiger partial charge in [-0.1, -0.05) is 49.4 Å². The summed E-state index contributed by atoms with van der Waals surface area (Å²) in [6, 6.07) is 15.0. The Morgan fingerprint density at radius 3 is 2.29 bits per heavy atom. The average Bonchev–Trinajstić information content (AvgIpc) is 2.81. The summed E-state index contributed by atoms with van der Waals surface area (Å²) in [7, 11) is -3.52. The van der Waals surface area contributed by atoms with E-state index in [-0.39, 0.29) is 24.8 Å². The van der Waals surface area contributed by atoms with Crippen molar-refractivity contribution in [3.63, 3.8) is 0 Å². The van der Waals surface area contributed by atoms with Crippen molar-refractivity contribution in [1.82, 2.24) is 10.2 Å². The Bertz CT molecular complexity index is 1090. The van der Waals surface area contributed by atoms with Gasteiger partial charge in [0, 0.05) is 26.1 Å². The average molecular weight is 502 g/mol. The fourth-order valence-electron chi connectivity index (χ4n) is 4.16. The number of carbonyl (C=O) groups is 2. The van der Waals surface area contributed by atoms with Gasteiger partial charge >= 0.3 is 0 Å². The van der Waals surface area contributed by atoms with Gasteiger partial charge in [0.25, 0.3) is 0 Å². The lowest BCUT2D eigenvalue weighted by Crippen LogP contribution is -2.50. The van der Waals surface area contributed by atoms with E-state index >= 15 is 0 Å². The molecule has 0 unspecified atom stereocenters. The quantitative estimate of drug-likeness (QED) is 0.452. The first-order valence-electron chi connectivity index (χ1n) is 12.2. The molecule has 1 N–H and O–H groups in total. The van der Waals surface area contributed by atoms with Crippen LogP contribution in [0.4, 0.5) is 5.69 Å². The Morgan fingerprint density at radius 2 is 1.69 bits per heavy atom. The molecule has 2 aromatic carbocycles. The smallest absolute Gasteiger partial charge is 0.242 e. The van der Waals surface area contributed by atoms with Crippen LogP contribution in [0.1, 0.15) is 49.8 Å². The van der Waals surface area contributed by atoms with E-state index in [1.54, 1.807) is 4.90 Å². The minimum Gasteiger partial charge on any atom is -0.355 e. The molecule has 8 heteroatoms. The van der Waals surface area contributed by atoms with Gasteiger partial charge in [-0.05, 0) is 62.8 Å². The van der Waals surface area contributed by atoms with Crippen LogP contribution in [-0.2, 0) is 26.0 Å². The molecule has 0 spiro atoms. The monoisotopic (exact) mass is 501 g/mol. The van der Waals surface area contributed by atoms with Gasteiger partial charge in [0.1, 0.15) is 6.04 Å². The number of hydrogen-bond acceptors (Lipinski definition) is 4. The number of hydrogen-bond donors (Lipinski definition) is 1. The molecule has 0 heterocycles. The highest BCUT2D eigenvalue weighted by Crippen LogP contribution is 2.24. The Kier molecular flexibility index (Phi) is 10.8. The molecule has 0 aliphatic carbocycles. The fraction of sp³-hybridized carbons (Fsp3) is 0.481. The molecule has 2 amide bonds. The maximum absolute atomic E-state index is 13.3. The first kappa shape index (κ1) is 28.4. The Hall–Kier alpha value is -2.87. The highest BCUT2D eigenvalue weighted by molar-refractivity contribution is 7.92. The molecular weight excluding hydrogens is 462 g/mol. The molecule has 0 aliphatic heterocycles.